The van der Waals surface area contributed by atoms with E-state index in [1.165, 1.54) is 6.26 Å². The summed E-state index contributed by atoms with van der Waals surface area (Å²) in [5.74, 6) is 0.0771. The molecule has 0 spiro atoms. The van der Waals surface area contributed by atoms with Crippen molar-refractivity contribution in [1.29, 1.82) is 0 Å². The lowest BCUT2D eigenvalue weighted by atomic mass is 10.1. The minimum atomic E-state index is -3.00. The van der Waals surface area contributed by atoms with E-state index in [2.05, 4.69) is 0 Å². The van der Waals surface area contributed by atoms with Crippen molar-refractivity contribution >= 4 is 26.6 Å². The largest absolute Gasteiger partial charge is 0.350 e. The van der Waals surface area contributed by atoms with Gasteiger partial charge in [-0.2, -0.15) is 0 Å². The molecule has 6 heteroatoms. The Balaban J connectivity index is 1.70. The van der Waals surface area contributed by atoms with Gasteiger partial charge in [0.2, 0.25) is 5.91 Å². The molecule has 0 aliphatic carbocycles. The summed E-state index contributed by atoms with van der Waals surface area (Å²) in [4.78, 5) is 14.3. The first-order chi connectivity index (χ1) is 10.9. The van der Waals surface area contributed by atoms with Crippen molar-refractivity contribution in [3.8, 4) is 0 Å². The topological polar surface area (TPSA) is 59.4 Å². The maximum Gasteiger partial charge on any atom is 0.227 e. The molecule has 0 saturated carbocycles. The maximum absolute atomic E-state index is 12.5. The number of hydrogen-bond donors (Lipinski definition) is 0. The molecular weight excluding hydrogens is 312 g/mol. The number of hydrogen-bond acceptors (Lipinski definition) is 3. The lowest BCUT2D eigenvalue weighted by molar-refractivity contribution is -0.131. The molecule has 1 aliphatic rings. The third-order valence-corrected chi connectivity index (χ3v) is 6.40. The molecular formula is C17H22N2O3S. The van der Waals surface area contributed by atoms with Crippen LogP contribution in [0.1, 0.15) is 18.4 Å². The number of sulfone groups is 1. The van der Waals surface area contributed by atoms with Gasteiger partial charge in [-0.15, -0.1) is 0 Å². The highest BCUT2D eigenvalue weighted by atomic mass is 32.2. The van der Waals surface area contributed by atoms with Gasteiger partial charge in [0.15, 0.2) is 0 Å². The Hall–Kier alpha value is -1.82. The average molecular weight is 334 g/mol. The van der Waals surface area contributed by atoms with Crippen LogP contribution in [-0.2, 0) is 28.1 Å². The smallest absolute Gasteiger partial charge is 0.227 e. The van der Waals surface area contributed by atoms with E-state index < -0.39 is 9.84 Å². The lowest BCUT2D eigenvalue weighted by Gasteiger charge is -2.31. The van der Waals surface area contributed by atoms with Crippen LogP contribution in [-0.4, -0.2) is 48.4 Å². The average Bonchev–Trinajstić information content (AvgIpc) is 2.83. The first kappa shape index (κ1) is 16.1. The Kier molecular flexibility index (Phi) is 4.19. The Bertz CT molecular complexity index is 831. The van der Waals surface area contributed by atoms with E-state index in [9.17, 15) is 13.2 Å². The summed E-state index contributed by atoms with van der Waals surface area (Å²) < 4.78 is 25.2. The SMILES string of the molecule is Cn1cc(CC(=O)N2CCC(S(C)(=O)=O)CC2)c2ccccc21. The van der Waals surface area contributed by atoms with Gasteiger partial charge in [0.25, 0.3) is 0 Å². The van der Waals surface area contributed by atoms with Gasteiger partial charge in [-0.05, 0) is 24.5 Å². The van der Waals surface area contributed by atoms with E-state index in [4.69, 9.17) is 0 Å². The quantitative estimate of drug-likeness (QED) is 0.859. The van der Waals surface area contributed by atoms with Gasteiger partial charge < -0.3 is 9.47 Å². The van der Waals surface area contributed by atoms with Gasteiger partial charge in [-0.3, -0.25) is 4.79 Å². The fraction of sp³-hybridized carbons (Fsp3) is 0.471. The summed E-state index contributed by atoms with van der Waals surface area (Å²) in [7, 11) is -1.02. The van der Waals surface area contributed by atoms with Gasteiger partial charge in [0.1, 0.15) is 9.84 Å². The molecule has 0 bridgehead atoms. The molecule has 1 aromatic heterocycles. The summed E-state index contributed by atoms with van der Waals surface area (Å²) in [5, 5.41) is 0.804. The van der Waals surface area contributed by atoms with Crippen LogP contribution in [0.25, 0.3) is 10.9 Å². The zero-order valence-corrected chi connectivity index (χ0v) is 14.3. The molecule has 1 aromatic carbocycles. The van der Waals surface area contributed by atoms with E-state index in [0.717, 1.165) is 16.5 Å². The second-order valence-electron chi connectivity index (χ2n) is 6.37. The first-order valence-corrected chi connectivity index (χ1v) is 9.81. The molecule has 124 valence electrons. The minimum absolute atomic E-state index is 0.0771. The lowest BCUT2D eigenvalue weighted by Crippen LogP contribution is -2.42. The molecule has 0 unspecified atom stereocenters. The number of aryl methyl sites for hydroxylation is 1. The Morgan fingerprint density at radius 2 is 1.87 bits per heavy atom. The van der Waals surface area contributed by atoms with Crippen LogP contribution >= 0.6 is 0 Å². The number of aromatic nitrogens is 1. The highest BCUT2D eigenvalue weighted by Crippen LogP contribution is 2.23. The summed E-state index contributed by atoms with van der Waals surface area (Å²) in [6.07, 6.45) is 4.74. The van der Waals surface area contributed by atoms with E-state index in [1.54, 1.807) is 4.90 Å². The molecule has 2 aromatic rings. The van der Waals surface area contributed by atoms with E-state index >= 15 is 0 Å². The first-order valence-electron chi connectivity index (χ1n) is 7.86. The van der Waals surface area contributed by atoms with Crippen molar-refractivity contribution in [2.24, 2.45) is 7.05 Å². The zero-order chi connectivity index (χ0) is 16.6. The molecule has 0 N–H and O–H groups in total. The second-order valence-corrected chi connectivity index (χ2v) is 8.69. The normalized spacial score (nSPS) is 16.9. The van der Waals surface area contributed by atoms with E-state index in [1.807, 2.05) is 42.1 Å². The van der Waals surface area contributed by atoms with E-state index in [0.29, 0.717) is 32.4 Å². The van der Waals surface area contributed by atoms with Crippen LogP contribution in [0.5, 0.6) is 0 Å². The number of nitrogens with zero attached hydrogens (tertiary/aromatic N) is 2. The second kappa shape index (κ2) is 6.00. The number of likely N-dealkylation sites (tertiary alicyclic amines) is 1. The highest BCUT2D eigenvalue weighted by molar-refractivity contribution is 7.91. The van der Waals surface area contributed by atoms with Gasteiger partial charge in [-0.25, -0.2) is 8.42 Å². The van der Waals surface area contributed by atoms with Crippen molar-refractivity contribution in [1.82, 2.24) is 9.47 Å². The number of piperidine rings is 1. The third kappa shape index (κ3) is 3.27. The zero-order valence-electron chi connectivity index (χ0n) is 13.5. The van der Waals surface area contributed by atoms with Crippen LogP contribution in [0.2, 0.25) is 0 Å². The Morgan fingerprint density at radius 3 is 2.52 bits per heavy atom. The molecule has 3 rings (SSSR count). The van der Waals surface area contributed by atoms with Gasteiger partial charge in [-0.1, -0.05) is 18.2 Å². The predicted molar refractivity (Wildman–Crippen MR) is 91.1 cm³/mol. The monoisotopic (exact) mass is 334 g/mol. The number of carbonyl (C=O) groups excluding carboxylic acids is 1. The highest BCUT2D eigenvalue weighted by Gasteiger charge is 2.28. The van der Waals surface area contributed by atoms with Crippen LogP contribution in [0, 0.1) is 0 Å². The Labute approximate surface area is 136 Å². The van der Waals surface area contributed by atoms with Crippen molar-refractivity contribution in [2.75, 3.05) is 19.3 Å². The summed E-state index contributed by atoms with van der Waals surface area (Å²) >= 11 is 0. The molecule has 2 heterocycles. The molecule has 1 aliphatic heterocycles. The number of para-hydroxylation sites is 1. The number of benzene rings is 1. The minimum Gasteiger partial charge on any atom is -0.350 e. The molecule has 1 fully saturated rings. The molecule has 0 radical (unpaired) electrons. The number of fused-ring (bicyclic) bond motifs is 1. The standard InChI is InChI=1S/C17H22N2O3S/c1-18-12-13(15-5-3-4-6-16(15)18)11-17(20)19-9-7-14(8-10-19)23(2,21)22/h3-6,12,14H,7-11H2,1-2H3. The van der Waals surface area contributed by atoms with E-state index in [-0.39, 0.29) is 11.2 Å². The molecule has 23 heavy (non-hydrogen) atoms. The number of rotatable bonds is 3. The van der Waals surface area contributed by atoms with Gasteiger partial charge >= 0.3 is 0 Å². The fourth-order valence-corrected chi connectivity index (χ4v) is 4.44. The van der Waals surface area contributed by atoms with Gasteiger partial charge in [0.05, 0.1) is 11.7 Å². The Morgan fingerprint density at radius 1 is 1.22 bits per heavy atom. The maximum atomic E-state index is 12.5. The molecule has 5 nitrogen and oxygen atoms in total. The van der Waals surface area contributed by atoms with Crippen LogP contribution in [0.15, 0.2) is 30.5 Å². The van der Waals surface area contributed by atoms with Crippen LogP contribution in [0.4, 0.5) is 0 Å². The van der Waals surface area contributed by atoms with Gasteiger partial charge in [0, 0.05) is 43.5 Å². The molecule has 0 atom stereocenters. The third-order valence-electron chi connectivity index (χ3n) is 4.72. The molecule has 1 saturated heterocycles. The fourth-order valence-electron chi connectivity index (χ4n) is 3.37. The van der Waals surface area contributed by atoms with Crippen LogP contribution < -0.4 is 0 Å². The van der Waals surface area contributed by atoms with Crippen molar-refractivity contribution in [3.63, 3.8) is 0 Å². The van der Waals surface area contributed by atoms with Crippen molar-refractivity contribution in [3.05, 3.63) is 36.0 Å². The molecule has 1 amide bonds. The summed E-state index contributed by atoms with van der Waals surface area (Å²) in [5.41, 5.74) is 2.14. The number of carbonyl (C=O) groups is 1. The van der Waals surface area contributed by atoms with Crippen LogP contribution in [0.3, 0.4) is 0 Å². The summed E-state index contributed by atoms with van der Waals surface area (Å²) in [6.45, 7) is 1.06. The predicted octanol–water partition coefficient (Wildman–Crippen LogP) is 1.76. The summed E-state index contributed by atoms with van der Waals surface area (Å²) in [6, 6.07) is 8.05. The number of amides is 1. The van der Waals surface area contributed by atoms with Crippen molar-refractivity contribution < 1.29 is 13.2 Å². The van der Waals surface area contributed by atoms with Crippen molar-refractivity contribution in [2.45, 2.75) is 24.5 Å².